The third-order valence-corrected chi connectivity index (χ3v) is 1.63. The van der Waals surface area contributed by atoms with Crippen molar-refractivity contribution in [3.63, 3.8) is 0 Å². The molecule has 1 rings (SSSR count). The van der Waals surface area contributed by atoms with E-state index in [4.69, 9.17) is 9.84 Å². The van der Waals surface area contributed by atoms with Crippen LogP contribution in [-0.2, 0) is 11.2 Å². The summed E-state index contributed by atoms with van der Waals surface area (Å²) in [6.45, 7) is -0.684. The molecule has 82 valence electrons. The predicted molar refractivity (Wildman–Crippen MR) is 49.3 cm³/mol. The molecule has 0 spiro atoms. The van der Waals surface area contributed by atoms with E-state index < -0.39 is 19.0 Å². The molecule has 0 saturated heterocycles. The topological polar surface area (TPSA) is 46.5 Å². The van der Waals surface area contributed by atoms with Crippen LogP contribution in [0.2, 0.25) is 0 Å². The zero-order valence-corrected chi connectivity index (χ0v) is 7.82. The van der Waals surface area contributed by atoms with Crippen LogP contribution in [0.4, 0.5) is 8.78 Å². The number of aliphatic carboxylic acids is 1. The molecule has 0 amide bonds. The van der Waals surface area contributed by atoms with Gasteiger partial charge in [-0.1, -0.05) is 12.1 Å². The quantitative estimate of drug-likeness (QED) is 0.818. The van der Waals surface area contributed by atoms with Crippen LogP contribution in [0.3, 0.4) is 0 Å². The highest BCUT2D eigenvalue weighted by atomic mass is 19.3. The first-order chi connectivity index (χ1) is 7.08. The first-order valence-electron chi connectivity index (χ1n) is 4.29. The van der Waals surface area contributed by atoms with E-state index in [0.717, 1.165) is 0 Å². The fourth-order valence-electron chi connectivity index (χ4n) is 1.08. The van der Waals surface area contributed by atoms with E-state index in [9.17, 15) is 13.6 Å². The van der Waals surface area contributed by atoms with Gasteiger partial charge in [0.05, 0.1) is 6.42 Å². The van der Waals surface area contributed by atoms with Crippen LogP contribution in [0.5, 0.6) is 5.75 Å². The molecule has 1 N–H and O–H groups in total. The number of rotatable bonds is 5. The van der Waals surface area contributed by atoms with E-state index in [0.29, 0.717) is 5.56 Å². The number of carboxylic acids is 1. The summed E-state index contributed by atoms with van der Waals surface area (Å²) in [4.78, 5) is 10.4. The normalized spacial score (nSPS) is 10.3. The van der Waals surface area contributed by atoms with Gasteiger partial charge in [0.15, 0.2) is 0 Å². The largest absolute Gasteiger partial charge is 0.488 e. The zero-order chi connectivity index (χ0) is 11.3. The minimum atomic E-state index is -2.53. The van der Waals surface area contributed by atoms with Gasteiger partial charge < -0.3 is 9.84 Å². The highest BCUT2D eigenvalue weighted by molar-refractivity contribution is 5.70. The Labute approximate surface area is 85.3 Å². The number of alkyl halides is 2. The molecular weight excluding hydrogens is 206 g/mol. The lowest BCUT2D eigenvalue weighted by atomic mass is 10.1. The van der Waals surface area contributed by atoms with Crippen molar-refractivity contribution < 1.29 is 23.4 Å². The van der Waals surface area contributed by atoms with Crippen molar-refractivity contribution in [2.45, 2.75) is 12.8 Å². The molecule has 0 unspecified atom stereocenters. The van der Waals surface area contributed by atoms with Gasteiger partial charge in [0.2, 0.25) is 0 Å². The molecule has 0 heterocycles. The smallest absolute Gasteiger partial charge is 0.307 e. The number of ether oxygens (including phenoxy) is 1. The van der Waals surface area contributed by atoms with Gasteiger partial charge in [0.25, 0.3) is 6.43 Å². The lowest BCUT2D eigenvalue weighted by Gasteiger charge is -2.06. The Balaban J connectivity index is 2.61. The van der Waals surface area contributed by atoms with Crippen molar-refractivity contribution >= 4 is 5.97 Å². The second-order valence-corrected chi connectivity index (χ2v) is 2.92. The van der Waals surface area contributed by atoms with Gasteiger partial charge in [0, 0.05) is 0 Å². The maximum Gasteiger partial charge on any atom is 0.307 e. The summed E-state index contributed by atoms with van der Waals surface area (Å²) in [5, 5.41) is 8.52. The highest BCUT2D eigenvalue weighted by Crippen LogP contribution is 2.14. The Kier molecular flexibility index (Phi) is 4.03. The molecule has 0 aromatic heterocycles. The van der Waals surface area contributed by atoms with Gasteiger partial charge >= 0.3 is 5.97 Å². The van der Waals surface area contributed by atoms with Crippen LogP contribution < -0.4 is 4.74 Å². The molecule has 0 radical (unpaired) electrons. The molecule has 0 aliphatic carbocycles. The van der Waals surface area contributed by atoms with Crippen molar-refractivity contribution in [3.8, 4) is 5.75 Å². The van der Waals surface area contributed by atoms with Gasteiger partial charge in [-0.3, -0.25) is 4.79 Å². The molecular formula is C10H10F2O3. The summed E-state index contributed by atoms with van der Waals surface area (Å²) in [5.41, 5.74) is 0.522. The van der Waals surface area contributed by atoms with Gasteiger partial charge in [-0.15, -0.1) is 0 Å². The fraction of sp³-hybridized carbons (Fsp3) is 0.300. The standard InChI is InChI=1S/C10H10F2O3/c11-9(12)6-15-8-3-1-2-7(4-8)5-10(13)14/h1-4,9H,5-6H2,(H,13,14). The molecule has 0 aliphatic rings. The number of hydrogen-bond donors (Lipinski definition) is 1. The Morgan fingerprint density at radius 2 is 2.20 bits per heavy atom. The first-order valence-corrected chi connectivity index (χ1v) is 4.29. The third-order valence-electron chi connectivity index (χ3n) is 1.63. The Morgan fingerprint density at radius 1 is 1.47 bits per heavy atom. The second kappa shape index (κ2) is 5.29. The average Bonchev–Trinajstić information content (AvgIpc) is 2.14. The number of hydrogen-bond acceptors (Lipinski definition) is 2. The maximum absolute atomic E-state index is 11.8. The molecule has 0 saturated carbocycles. The summed E-state index contributed by atoms with van der Waals surface area (Å²) in [6, 6.07) is 6.12. The van der Waals surface area contributed by atoms with E-state index >= 15 is 0 Å². The average molecular weight is 216 g/mol. The van der Waals surface area contributed by atoms with E-state index in [1.165, 1.54) is 12.1 Å². The lowest BCUT2D eigenvalue weighted by molar-refractivity contribution is -0.136. The van der Waals surface area contributed by atoms with Gasteiger partial charge in [-0.05, 0) is 17.7 Å². The Hall–Kier alpha value is -1.65. The monoisotopic (exact) mass is 216 g/mol. The van der Waals surface area contributed by atoms with Crippen molar-refractivity contribution in [1.29, 1.82) is 0 Å². The van der Waals surface area contributed by atoms with Crippen LogP contribution in [0, 0.1) is 0 Å². The minimum absolute atomic E-state index is 0.147. The van der Waals surface area contributed by atoms with Crippen molar-refractivity contribution in [2.75, 3.05) is 6.61 Å². The van der Waals surface area contributed by atoms with Crippen LogP contribution in [0.1, 0.15) is 5.56 Å². The van der Waals surface area contributed by atoms with Crippen LogP contribution in [-0.4, -0.2) is 24.1 Å². The SMILES string of the molecule is O=C(O)Cc1cccc(OCC(F)F)c1. The number of carboxylic acid groups (broad SMARTS) is 1. The van der Waals surface area contributed by atoms with Crippen molar-refractivity contribution in [2.24, 2.45) is 0 Å². The Morgan fingerprint density at radius 3 is 2.80 bits per heavy atom. The molecule has 1 aromatic carbocycles. The zero-order valence-electron chi connectivity index (χ0n) is 7.82. The molecule has 15 heavy (non-hydrogen) atoms. The molecule has 0 atom stereocenters. The summed E-state index contributed by atoms with van der Waals surface area (Å²) in [6.07, 6.45) is -2.68. The number of carbonyl (C=O) groups is 1. The molecule has 0 bridgehead atoms. The highest BCUT2D eigenvalue weighted by Gasteiger charge is 2.05. The molecule has 3 nitrogen and oxygen atoms in total. The van der Waals surface area contributed by atoms with Gasteiger partial charge in [0.1, 0.15) is 12.4 Å². The molecule has 0 aliphatic heterocycles. The fourth-order valence-corrected chi connectivity index (χ4v) is 1.08. The van der Waals surface area contributed by atoms with Gasteiger partial charge in [-0.2, -0.15) is 0 Å². The molecule has 0 fully saturated rings. The summed E-state index contributed by atoms with van der Waals surface area (Å²) < 4.78 is 28.4. The summed E-state index contributed by atoms with van der Waals surface area (Å²) in [5.74, 6) is -0.713. The van der Waals surface area contributed by atoms with Crippen LogP contribution in [0.15, 0.2) is 24.3 Å². The number of benzene rings is 1. The van der Waals surface area contributed by atoms with Crippen LogP contribution in [0.25, 0.3) is 0 Å². The Bertz CT molecular complexity index is 339. The van der Waals surface area contributed by atoms with Crippen molar-refractivity contribution in [1.82, 2.24) is 0 Å². The third kappa shape index (κ3) is 4.39. The summed E-state index contributed by atoms with van der Waals surface area (Å²) >= 11 is 0. The summed E-state index contributed by atoms with van der Waals surface area (Å²) in [7, 11) is 0. The van der Waals surface area contributed by atoms with E-state index in [2.05, 4.69) is 0 Å². The van der Waals surface area contributed by atoms with E-state index in [1.54, 1.807) is 12.1 Å². The molecule has 1 aromatic rings. The first kappa shape index (κ1) is 11.4. The van der Waals surface area contributed by atoms with E-state index in [1.807, 2.05) is 0 Å². The van der Waals surface area contributed by atoms with Crippen molar-refractivity contribution in [3.05, 3.63) is 29.8 Å². The minimum Gasteiger partial charge on any atom is -0.488 e. The number of halogens is 2. The van der Waals surface area contributed by atoms with E-state index in [-0.39, 0.29) is 12.2 Å². The lowest BCUT2D eigenvalue weighted by Crippen LogP contribution is -2.07. The predicted octanol–water partition coefficient (Wildman–Crippen LogP) is 1.96. The maximum atomic E-state index is 11.8. The molecule has 5 heteroatoms. The van der Waals surface area contributed by atoms with Crippen LogP contribution >= 0.6 is 0 Å². The second-order valence-electron chi connectivity index (χ2n) is 2.92. The van der Waals surface area contributed by atoms with Gasteiger partial charge in [-0.25, -0.2) is 8.78 Å².